The molecule has 0 aliphatic carbocycles. The number of carbonyl (C=O) groups is 1. The van der Waals surface area contributed by atoms with E-state index >= 15 is 0 Å². The van der Waals surface area contributed by atoms with Gasteiger partial charge in [0.05, 0.1) is 13.0 Å². The minimum atomic E-state index is 0.0882. The monoisotopic (exact) mass is 380 g/mol. The maximum absolute atomic E-state index is 13.1. The van der Waals surface area contributed by atoms with Crippen LogP contribution >= 0.6 is 0 Å². The first kappa shape index (κ1) is 18.6. The third kappa shape index (κ3) is 4.06. The van der Waals surface area contributed by atoms with Crippen molar-refractivity contribution in [1.82, 2.24) is 9.88 Å². The largest absolute Gasteiger partial charge is 0.497 e. The molecule has 2 aliphatic heterocycles. The molecule has 2 aromatic rings. The van der Waals surface area contributed by atoms with Gasteiger partial charge in [0, 0.05) is 69.1 Å². The van der Waals surface area contributed by atoms with E-state index in [2.05, 4.69) is 31.8 Å². The highest BCUT2D eigenvalue weighted by atomic mass is 16.5. The molecule has 6 nitrogen and oxygen atoms in total. The summed E-state index contributed by atoms with van der Waals surface area (Å²) in [6, 6.07) is 12.2. The minimum absolute atomic E-state index is 0.0882. The molecular formula is C22H28N4O2. The summed E-state index contributed by atoms with van der Waals surface area (Å²) in [7, 11) is 1.69. The second kappa shape index (κ2) is 8.50. The van der Waals surface area contributed by atoms with Crippen molar-refractivity contribution in [3.8, 4) is 5.75 Å². The second-order valence-corrected chi connectivity index (χ2v) is 7.50. The SMILES string of the molecule is COc1cccc(N2CCN(C(=O)C3CCCN(c4ccncc4)C3)CC2)c1. The highest BCUT2D eigenvalue weighted by Gasteiger charge is 2.31. The molecule has 1 atom stereocenters. The van der Waals surface area contributed by atoms with Crippen LogP contribution in [0.4, 0.5) is 11.4 Å². The Morgan fingerprint density at radius 2 is 1.79 bits per heavy atom. The van der Waals surface area contributed by atoms with Gasteiger partial charge >= 0.3 is 0 Å². The predicted molar refractivity (Wildman–Crippen MR) is 111 cm³/mol. The van der Waals surface area contributed by atoms with Crippen LogP contribution in [-0.4, -0.2) is 62.2 Å². The number of aromatic nitrogens is 1. The Morgan fingerprint density at radius 1 is 1.00 bits per heavy atom. The van der Waals surface area contributed by atoms with Crippen LogP contribution in [0.5, 0.6) is 5.75 Å². The number of amides is 1. The second-order valence-electron chi connectivity index (χ2n) is 7.50. The molecule has 3 heterocycles. The molecule has 0 radical (unpaired) electrons. The standard InChI is InChI=1S/C22H28N4O2/c1-28-21-6-2-5-20(16-21)24-12-14-25(15-13-24)22(27)18-4-3-11-26(17-18)19-7-9-23-10-8-19/h2,5-10,16,18H,3-4,11-15,17H2,1H3. The number of piperazine rings is 1. The molecule has 0 N–H and O–H groups in total. The average Bonchev–Trinajstić information content (AvgIpc) is 2.79. The third-order valence-electron chi connectivity index (χ3n) is 5.81. The lowest BCUT2D eigenvalue weighted by atomic mass is 9.95. The Morgan fingerprint density at radius 3 is 2.54 bits per heavy atom. The topological polar surface area (TPSA) is 48.9 Å². The van der Waals surface area contributed by atoms with Gasteiger partial charge in [-0.3, -0.25) is 9.78 Å². The van der Waals surface area contributed by atoms with Crippen LogP contribution in [0, 0.1) is 5.92 Å². The number of anilines is 2. The van der Waals surface area contributed by atoms with Gasteiger partial charge in [0.1, 0.15) is 5.75 Å². The first-order chi connectivity index (χ1) is 13.7. The number of hydrogen-bond donors (Lipinski definition) is 0. The predicted octanol–water partition coefficient (Wildman–Crippen LogP) is 2.66. The number of benzene rings is 1. The maximum Gasteiger partial charge on any atom is 0.227 e. The van der Waals surface area contributed by atoms with E-state index in [1.165, 1.54) is 0 Å². The summed E-state index contributed by atoms with van der Waals surface area (Å²) in [5, 5.41) is 0. The third-order valence-corrected chi connectivity index (χ3v) is 5.81. The lowest BCUT2D eigenvalue weighted by molar-refractivity contribution is -0.136. The molecule has 2 fully saturated rings. The Kier molecular flexibility index (Phi) is 5.65. The van der Waals surface area contributed by atoms with Crippen LogP contribution in [-0.2, 0) is 4.79 Å². The molecule has 1 amide bonds. The molecular weight excluding hydrogens is 352 g/mol. The van der Waals surface area contributed by atoms with Crippen LogP contribution in [0.3, 0.4) is 0 Å². The lowest BCUT2D eigenvalue weighted by Crippen LogP contribution is -2.52. The molecule has 4 rings (SSSR count). The van der Waals surface area contributed by atoms with Crippen molar-refractivity contribution in [2.24, 2.45) is 5.92 Å². The summed E-state index contributed by atoms with van der Waals surface area (Å²) in [6.45, 7) is 5.10. The zero-order valence-corrected chi connectivity index (χ0v) is 16.5. The van der Waals surface area contributed by atoms with Gasteiger partial charge in [-0.2, -0.15) is 0 Å². The van der Waals surface area contributed by atoms with Crippen LogP contribution in [0.25, 0.3) is 0 Å². The summed E-state index contributed by atoms with van der Waals surface area (Å²) in [6.07, 6.45) is 5.68. The normalized spacial score (nSPS) is 20.2. The minimum Gasteiger partial charge on any atom is -0.497 e. The number of nitrogens with zero attached hydrogens (tertiary/aromatic N) is 4. The van der Waals surface area contributed by atoms with E-state index in [1.807, 2.05) is 36.7 Å². The summed E-state index contributed by atoms with van der Waals surface area (Å²) >= 11 is 0. The van der Waals surface area contributed by atoms with Crippen LogP contribution in [0.15, 0.2) is 48.8 Å². The van der Waals surface area contributed by atoms with Gasteiger partial charge in [0.15, 0.2) is 0 Å². The first-order valence-corrected chi connectivity index (χ1v) is 10.1. The fourth-order valence-corrected chi connectivity index (χ4v) is 4.22. The molecule has 28 heavy (non-hydrogen) atoms. The quantitative estimate of drug-likeness (QED) is 0.816. The van der Waals surface area contributed by atoms with Gasteiger partial charge in [0.25, 0.3) is 0 Å². The lowest BCUT2D eigenvalue weighted by Gasteiger charge is -2.40. The Labute approximate surface area is 166 Å². The molecule has 1 unspecified atom stereocenters. The average molecular weight is 380 g/mol. The fraction of sp³-hybridized carbons (Fsp3) is 0.455. The van der Waals surface area contributed by atoms with E-state index < -0.39 is 0 Å². The van der Waals surface area contributed by atoms with Crippen molar-refractivity contribution >= 4 is 17.3 Å². The van der Waals surface area contributed by atoms with Gasteiger partial charge in [-0.05, 0) is 37.1 Å². The Balaban J connectivity index is 1.34. The number of carbonyl (C=O) groups excluding carboxylic acids is 1. The zero-order valence-electron chi connectivity index (χ0n) is 16.5. The zero-order chi connectivity index (χ0) is 19.3. The van der Waals surface area contributed by atoms with E-state index in [0.717, 1.165) is 69.2 Å². The number of hydrogen-bond acceptors (Lipinski definition) is 5. The molecule has 6 heteroatoms. The first-order valence-electron chi connectivity index (χ1n) is 10.1. The molecule has 2 aliphatic rings. The van der Waals surface area contributed by atoms with Crippen molar-refractivity contribution in [3.63, 3.8) is 0 Å². The van der Waals surface area contributed by atoms with Gasteiger partial charge in [0.2, 0.25) is 5.91 Å². The van der Waals surface area contributed by atoms with Crippen molar-refractivity contribution in [3.05, 3.63) is 48.8 Å². The number of methoxy groups -OCH3 is 1. The molecule has 148 valence electrons. The van der Waals surface area contributed by atoms with Crippen molar-refractivity contribution in [2.45, 2.75) is 12.8 Å². The van der Waals surface area contributed by atoms with Gasteiger partial charge < -0.3 is 19.4 Å². The Hall–Kier alpha value is -2.76. The molecule has 0 spiro atoms. The molecule has 0 saturated carbocycles. The van der Waals surface area contributed by atoms with Crippen molar-refractivity contribution < 1.29 is 9.53 Å². The Bertz CT molecular complexity index is 790. The molecule has 0 bridgehead atoms. The molecule has 1 aromatic heterocycles. The van der Waals surface area contributed by atoms with Crippen LogP contribution in [0.1, 0.15) is 12.8 Å². The summed E-state index contributed by atoms with van der Waals surface area (Å²) in [5.74, 6) is 1.27. The summed E-state index contributed by atoms with van der Waals surface area (Å²) in [5.41, 5.74) is 2.32. The highest BCUT2D eigenvalue weighted by molar-refractivity contribution is 5.80. The smallest absolute Gasteiger partial charge is 0.227 e. The van der Waals surface area contributed by atoms with Gasteiger partial charge in [-0.25, -0.2) is 0 Å². The molecule has 1 aromatic carbocycles. The van der Waals surface area contributed by atoms with Crippen molar-refractivity contribution in [1.29, 1.82) is 0 Å². The summed E-state index contributed by atoms with van der Waals surface area (Å²) in [4.78, 5) is 23.9. The van der Waals surface area contributed by atoms with Gasteiger partial charge in [-0.1, -0.05) is 6.07 Å². The number of rotatable bonds is 4. The van der Waals surface area contributed by atoms with Crippen LogP contribution < -0.4 is 14.5 Å². The summed E-state index contributed by atoms with van der Waals surface area (Å²) < 4.78 is 5.33. The fourth-order valence-electron chi connectivity index (χ4n) is 4.22. The van der Waals surface area contributed by atoms with Crippen molar-refractivity contribution in [2.75, 3.05) is 56.2 Å². The number of ether oxygens (including phenoxy) is 1. The van der Waals surface area contributed by atoms with E-state index in [0.29, 0.717) is 5.91 Å². The van der Waals surface area contributed by atoms with E-state index in [1.54, 1.807) is 7.11 Å². The van der Waals surface area contributed by atoms with E-state index in [9.17, 15) is 4.79 Å². The molecule has 2 saturated heterocycles. The van der Waals surface area contributed by atoms with Crippen LogP contribution in [0.2, 0.25) is 0 Å². The number of piperidine rings is 1. The van der Waals surface area contributed by atoms with E-state index in [-0.39, 0.29) is 5.92 Å². The number of pyridine rings is 1. The van der Waals surface area contributed by atoms with E-state index in [4.69, 9.17) is 4.74 Å². The maximum atomic E-state index is 13.1. The van der Waals surface area contributed by atoms with Gasteiger partial charge in [-0.15, -0.1) is 0 Å². The highest BCUT2D eigenvalue weighted by Crippen LogP contribution is 2.26.